The smallest absolute Gasteiger partial charge is 0.124 e. The van der Waals surface area contributed by atoms with Crippen molar-refractivity contribution in [3.8, 4) is 5.75 Å². The Morgan fingerprint density at radius 2 is 1.86 bits per heavy atom. The largest absolute Gasteiger partial charge is 0.494 e. The predicted molar refractivity (Wildman–Crippen MR) is 85.0 cm³/mol. The second-order valence-corrected chi connectivity index (χ2v) is 5.53. The molecule has 0 aliphatic heterocycles. The van der Waals surface area contributed by atoms with Crippen LogP contribution in [0.5, 0.6) is 5.75 Å². The highest BCUT2D eigenvalue weighted by atomic mass is 16.5. The van der Waals surface area contributed by atoms with Gasteiger partial charge in [0, 0.05) is 5.56 Å². The summed E-state index contributed by atoms with van der Waals surface area (Å²) in [6.07, 6.45) is 1.17. The van der Waals surface area contributed by atoms with Gasteiger partial charge in [-0.15, -0.1) is 0 Å². The van der Waals surface area contributed by atoms with Gasteiger partial charge in [-0.25, -0.2) is 0 Å². The summed E-state index contributed by atoms with van der Waals surface area (Å²) < 4.78 is 5.74. The molecule has 3 heteroatoms. The Bertz CT molecular complexity index is 585. The van der Waals surface area contributed by atoms with E-state index in [1.165, 1.54) is 12.0 Å². The summed E-state index contributed by atoms with van der Waals surface area (Å²) in [6.45, 7) is 2.67. The van der Waals surface area contributed by atoms with Gasteiger partial charge in [-0.3, -0.25) is 11.3 Å². The molecule has 0 aromatic heterocycles. The minimum absolute atomic E-state index is 0.137. The van der Waals surface area contributed by atoms with Crippen molar-refractivity contribution >= 4 is 0 Å². The van der Waals surface area contributed by atoms with E-state index in [0.29, 0.717) is 18.4 Å². The lowest BCUT2D eigenvalue weighted by Crippen LogP contribution is -2.30. The first kappa shape index (κ1) is 14.1. The zero-order chi connectivity index (χ0) is 14.7. The van der Waals surface area contributed by atoms with Crippen LogP contribution in [0.25, 0.3) is 0 Å². The van der Waals surface area contributed by atoms with Crippen LogP contribution in [-0.2, 0) is 0 Å². The molecule has 0 saturated heterocycles. The Balaban J connectivity index is 1.81. The minimum atomic E-state index is 0.137. The summed E-state index contributed by atoms with van der Waals surface area (Å²) in [5.41, 5.74) is 5.56. The van der Waals surface area contributed by atoms with Crippen LogP contribution in [-0.4, -0.2) is 6.61 Å². The number of nitrogens with one attached hydrogen (secondary N) is 1. The van der Waals surface area contributed by atoms with E-state index in [9.17, 15) is 0 Å². The van der Waals surface area contributed by atoms with E-state index in [1.54, 1.807) is 0 Å². The maximum Gasteiger partial charge on any atom is 0.124 e. The van der Waals surface area contributed by atoms with Crippen molar-refractivity contribution in [3.63, 3.8) is 0 Å². The van der Waals surface area contributed by atoms with Crippen LogP contribution in [0.4, 0.5) is 0 Å². The third kappa shape index (κ3) is 2.94. The predicted octanol–water partition coefficient (Wildman–Crippen LogP) is 3.39. The summed E-state index contributed by atoms with van der Waals surface area (Å²) in [5.74, 6) is 7.89. The lowest BCUT2D eigenvalue weighted by molar-refractivity contribution is 0.328. The van der Waals surface area contributed by atoms with Crippen molar-refractivity contribution in [2.24, 2.45) is 11.8 Å². The normalized spacial score (nSPS) is 21.8. The van der Waals surface area contributed by atoms with Gasteiger partial charge in [0.05, 0.1) is 12.6 Å². The molecule has 3 rings (SSSR count). The van der Waals surface area contributed by atoms with Gasteiger partial charge in [-0.1, -0.05) is 48.5 Å². The molecule has 2 aromatic rings. The van der Waals surface area contributed by atoms with Crippen LogP contribution in [0.15, 0.2) is 54.6 Å². The fraction of sp³-hybridized carbons (Fsp3) is 0.333. The molecule has 3 atom stereocenters. The fourth-order valence-corrected chi connectivity index (χ4v) is 3.13. The molecule has 1 aliphatic carbocycles. The van der Waals surface area contributed by atoms with E-state index in [1.807, 2.05) is 25.1 Å². The first-order valence-electron chi connectivity index (χ1n) is 7.58. The number of ether oxygens (including phenoxy) is 1. The zero-order valence-corrected chi connectivity index (χ0v) is 12.3. The average Bonchev–Trinajstić information content (AvgIpc) is 3.31. The molecule has 21 heavy (non-hydrogen) atoms. The lowest BCUT2D eigenvalue weighted by Gasteiger charge is -2.20. The molecule has 3 N–H and O–H groups in total. The molecule has 3 unspecified atom stereocenters. The molecule has 0 bridgehead atoms. The molecule has 0 heterocycles. The molecule has 2 aromatic carbocycles. The van der Waals surface area contributed by atoms with Crippen molar-refractivity contribution in [2.75, 3.05) is 6.61 Å². The van der Waals surface area contributed by atoms with E-state index >= 15 is 0 Å². The van der Waals surface area contributed by atoms with Crippen LogP contribution in [0.2, 0.25) is 0 Å². The Hall–Kier alpha value is -1.84. The van der Waals surface area contributed by atoms with E-state index in [-0.39, 0.29) is 6.04 Å². The molecule has 0 amide bonds. The number of nitrogens with two attached hydrogens (primary N) is 1. The monoisotopic (exact) mass is 282 g/mol. The minimum Gasteiger partial charge on any atom is -0.494 e. The molecule has 1 fully saturated rings. The summed E-state index contributed by atoms with van der Waals surface area (Å²) in [7, 11) is 0. The quantitative estimate of drug-likeness (QED) is 0.630. The molecular weight excluding hydrogens is 260 g/mol. The maximum atomic E-state index is 5.85. The number of para-hydroxylation sites is 1. The molecule has 3 nitrogen and oxygen atoms in total. The number of benzene rings is 2. The van der Waals surface area contributed by atoms with Crippen LogP contribution >= 0.6 is 0 Å². The van der Waals surface area contributed by atoms with Crippen LogP contribution in [0.1, 0.15) is 36.4 Å². The summed E-state index contributed by atoms with van der Waals surface area (Å²) in [4.78, 5) is 0. The van der Waals surface area contributed by atoms with Gasteiger partial charge in [0.2, 0.25) is 0 Å². The highest BCUT2D eigenvalue weighted by Gasteiger charge is 2.44. The third-order valence-corrected chi connectivity index (χ3v) is 4.23. The molecular formula is C18H22N2O. The van der Waals surface area contributed by atoms with Crippen LogP contribution in [0.3, 0.4) is 0 Å². The summed E-state index contributed by atoms with van der Waals surface area (Å²) in [6, 6.07) is 19.0. The number of hydrogen-bond donors (Lipinski definition) is 2. The van der Waals surface area contributed by atoms with Crippen molar-refractivity contribution in [1.82, 2.24) is 5.43 Å². The molecule has 0 spiro atoms. The maximum absolute atomic E-state index is 5.85. The van der Waals surface area contributed by atoms with Gasteiger partial charge < -0.3 is 4.74 Å². The number of rotatable bonds is 6. The second-order valence-electron chi connectivity index (χ2n) is 5.53. The van der Waals surface area contributed by atoms with E-state index in [4.69, 9.17) is 10.6 Å². The standard InChI is InChI=1S/C18H22N2O/c1-2-21-17-11-7-6-10-14(17)18(20-19)16-12-15(16)13-8-4-3-5-9-13/h3-11,15-16,18,20H,2,12,19H2,1H3. The summed E-state index contributed by atoms with van der Waals surface area (Å²) >= 11 is 0. The van der Waals surface area contributed by atoms with Crippen molar-refractivity contribution < 1.29 is 4.74 Å². The van der Waals surface area contributed by atoms with Gasteiger partial charge in [0.15, 0.2) is 0 Å². The summed E-state index contributed by atoms with van der Waals surface area (Å²) in [5, 5.41) is 0. The topological polar surface area (TPSA) is 47.3 Å². The van der Waals surface area contributed by atoms with Gasteiger partial charge in [-0.05, 0) is 36.8 Å². The molecule has 1 aliphatic rings. The van der Waals surface area contributed by atoms with Gasteiger partial charge in [0.1, 0.15) is 5.75 Å². The third-order valence-electron chi connectivity index (χ3n) is 4.23. The van der Waals surface area contributed by atoms with Crippen LogP contribution < -0.4 is 16.0 Å². The van der Waals surface area contributed by atoms with Gasteiger partial charge in [-0.2, -0.15) is 0 Å². The molecule has 1 saturated carbocycles. The Labute approximate surface area is 126 Å². The Morgan fingerprint density at radius 3 is 2.57 bits per heavy atom. The Kier molecular flexibility index (Phi) is 4.23. The highest BCUT2D eigenvalue weighted by molar-refractivity contribution is 5.39. The molecule has 110 valence electrons. The SMILES string of the molecule is CCOc1ccccc1C(NN)C1CC1c1ccccc1. The highest BCUT2D eigenvalue weighted by Crippen LogP contribution is 2.54. The van der Waals surface area contributed by atoms with Gasteiger partial charge >= 0.3 is 0 Å². The Morgan fingerprint density at radius 1 is 1.14 bits per heavy atom. The first-order valence-corrected chi connectivity index (χ1v) is 7.58. The van der Waals surface area contributed by atoms with E-state index in [2.05, 4.69) is 41.8 Å². The van der Waals surface area contributed by atoms with Gasteiger partial charge in [0.25, 0.3) is 0 Å². The zero-order valence-electron chi connectivity index (χ0n) is 12.3. The molecule has 0 radical (unpaired) electrons. The van der Waals surface area contributed by atoms with Crippen LogP contribution in [0, 0.1) is 5.92 Å². The van der Waals surface area contributed by atoms with E-state index < -0.39 is 0 Å². The van der Waals surface area contributed by atoms with Crippen molar-refractivity contribution in [3.05, 3.63) is 65.7 Å². The average molecular weight is 282 g/mol. The number of hydrogen-bond acceptors (Lipinski definition) is 3. The fourth-order valence-electron chi connectivity index (χ4n) is 3.13. The van der Waals surface area contributed by atoms with Crippen molar-refractivity contribution in [1.29, 1.82) is 0 Å². The first-order chi connectivity index (χ1) is 10.3. The van der Waals surface area contributed by atoms with Crippen molar-refractivity contribution in [2.45, 2.75) is 25.3 Å². The lowest BCUT2D eigenvalue weighted by atomic mass is 9.98. The number of hydrazine groups is 1. The van der Waals surface area contributed by atoms with E-state index in [0.717, 1.165) is 11.3 Å². The second kappa shape index (κ2) is 6.29.